The molecule has 0 saturated carbocycles. The van der Waals surface area contributed by atoms with Crippen molar-refractivity contribution in [2.45, 2.75) is 141 Å². The summed E-state index contributed by atoms with van der Waals surface area (Å²) >= 11 is 0. The van der Waals surface area contributed by atoms with E-state index in [2.05, 4.69) is 41.5 Å². The number of halogens is 3. The molecule has 0 fully saturated rings. The summed E-state index contributed by atoms with van der Waals surface area (Å²) in [4.78, 5) is 11.9. The molecule has 0 saturated heterocycles. The number of furan rings is 1. The van der Waals surface area contributed by atoms with Crippen LogP contribution in [0.1, 0.15) is 106 Å². The lowest BCUT2D eigenvalue weighted by Gasteiger charge is -2.42. The Hall–Kier alpha value is -1.84. The first-order chi connectivity index (χ1) is 21.3. The predicted molar refractivity (Wildman–Crippen MR) is 181 cm³/mol. The van der Waals surface area contributed by atoms with E-state index in [4.69, 9.17) is 17.5 Å². The molecule has 46 heavy (non-hydrogen) atoms. The summed E-state index contributed by atoms with van der Waals surface area (Å²) in [6, 6.07) is 6.15. The zero-order valence-electron chi connectivity index (χ0n) is 29.3. The minimum Gasteiger partial charge on any atom is -0.542 e. The largest absolute Gasteiger partial charge is 0.542 e. The fourth-order valence-electron chi connectivity index (χ4n) is 7.30. The van der Waals surface area contributed by atoms with Gasteiger partial charge in [0.2, 0.25) is 0 Å². The molecule has 2 rings (SSSR count). The van der Waals surface area contributed by atoms with Crippen LogP contribution in [-0.2, 0) is 34.4 Å². The molecule has 2 atom stereocenters. The van der Waals surface area contributed by atoms with Gasteiger partial charge in [0.25, 0.3) is 8.32 Å². The van der Waals surface area contributed by atoms with E-state index in [1.54, 1.807) is 19.1 Å². The van der Waals surface area contributed by atoms with Crippen LogP contribution in [0.15, 0.2) is 40.2 Å². The third-order valence-corrected chi connectivity index (χ3v) is 21.8. The minimum absolute atomic E-state index is 0.195. The number of carbonyl (C=O) groups is 1. The number of hydrogen-bond acceptors (Lipinski definition) is 7. The van der Waals surface area contributed by atoms with Gasteiger partial charge in [-0.25, -0.2) is 0 Å². The van der Waals surface area contributed by atoms with Gasteiger partial charge in [0, 0.05) is 24.4 Å². The molecule has 0 unspecified atom stereocenters. The van der Waals surface area contributed by atoms with Crippen molar-refractivity contribution >= 4 is 33.0 Å². The predicted octanol–water partition coefficient (Wildman–Crippen LogP) is 10.1. The molecular formula is C33H55F3O7SSi2. The van der Waals surface area contributed by atoms with Crippen molar-refractivity contribution < 1.29 is 43.8 Å². The highest BCUT2D eigenvalue weighted by atomic mass is 32.2. The van der Waals surface area contributed by atoms with E-state index in [1.807, 2.05) is 26.8 Å². The van der Waals surface area contributed by atoms with Crippen molar-refractivity contribution in [2.75, 3.05) is 6.61 Å². The van der Waals surface area contributed by atoms with E-state index in [1.165, 1.54) is 6.08 Å². The molecule has 0 aromatic carbocycles. The van der Waals surface area contributed by atoms with Gasteiger partial charge < -0.3 is 17.5 Å². The molecule has 1 aromatic rings. The van der Waals surface area contributed by atoms with Gasteiger partial charge in [-0.15, -0.1) is 0 Å². The molecule has 264 valence electrons. The van der Waals surface area contributed by atoms with Crippen molar-refractivity contribution in [3.63, 3.8) is 0 Å². The van der Waals surface area contributed by atoms with Gasteiger partial charge in [0.15, 0.2) is 14.6 Å². The number of hydrogen-bond donors (Lipinski definition) is 0. The van der Waals surface area contributed by atoms with Gasteiger partial charge in [-0.05, 0) is 78.3 Å². The standard InChI is InChI=1S/C33H55F3O7SSi2/c1-11-45(12-2,13-3)43-28(23-37)15-14-21-32(10)29(17-19-31(32)42-44(38,39)33(34,35)36)30-18-16-27(41-30)20-22-40-46(24(4)5,25(6)7)26(8)9/h15-16,18-19,23-26,29H,11-14,17,20-22H2,1-10H3/b28-15-/t29-,32-/m0/s1. The molecule has 1 aliphatic carbocycles. The summed E-state index contributed by atoms with van der Waals surface area (Å²) < 4.78 is 88.1. The van der Waals surface area contributed by atoms with Crippen LogP contribution < -0.4 is 0 Å². The lowest BCUT2D eigenvalue weighted by molar-refractivity contribution is -0.106. The monoisotopic (exact) mass is 708 g/mol. The molecule has 0 spiro atoms. The number of allylic oxidation sites excluding steroid dienone is 4. The van der Waals surface area contributed by atoms with Gasteiger partial charge >= 0.3 is 15.6 Å². The van der Waals surface area contributed by atoms with E-state index in [0.717, 1.165) is 18.1 Å². The summed E-state index contributed by atoms with van der Waals surface area (Å²) in [7, 11) is -10.1. The molecule has 1 aliphatic rings. The summed E-state index contributed by atoms with van der Waals surface area (Å²) in [5.41, 5.74) is -5.45. The maximum atomic E-state index is 13.3. The summed E-state index contributed by atoms with van der Waals surface area (Å²) in [5.74, 6) is 0.653. The van der Waals surface area contributed by atoms with Crippen molar-refractivity contribution in [1.82, 2.24) is 0 Å². The third kappa shape index (κ3) is 8.79. The molecule has 0 aliphatic heterocycles. The molecule has 1 heterocycles. The lowest BCUT2D eigenvalue weighted by atomic mass is 9.74. The number of rotatable bonds is 19. The van der Waals surface area contributed by atoms with Crippen LogP contribution in [0, 0.1) is 5.41 Å². The van der Waals surface area contributed by atoms with Crippen molar-refractivity contribution in [1.29, 1.82) is 0 Å². The Morgan fingerprint density at radius 1 is 1.04 bits per heavy atom. The minimum atomic E-state index is -5.88. The molecule has 0 bridgehead atoms. The van der Waals surface area contributed by atoms with Crippen molar-refractivity contribution in [3.8, 4) is 0 Å². The highest BCUT2D eigenvalue weighted by molar-refractivity contribution is 7.87. The Balaban J connectivity index is 2.35. The highest BCUT2D eigenvalue weighted by Gasteiger charge is 2.53. The molecule has 0 N–H and O–H groups in total. The van der Waals surface area contributed by atoms with E-state index in [0.29, 0.717) is 47.5 Å². The van der Waals surface area contributed by atoms with Crippen LogP contribution in [-0.4, -0.2) is 43.5 Å². The van der Waals surface area contributed by atoms with Crippen LogP contribution in [0.2, 0.25) is 34.8 Å². The average Bonchev–Trinajstić information content (AvgIpc) is 3.55. The first kappa shape index (κ1) is 40.3. The first-order valence-electron chi connectivity index (χ1n) is 16.6. The Morgan fingerprint density at radius 2 is 1.61 bits per heavy atom. The van der Waals surface area contributed by atoms with Crippen LogP contribution in [0.5, 0.6) is 0 Å². The molecular weight excluding hydrogens is 654 g/mol. The van der Waals surface area contributed by atoms with E-state index in [-0.39, 0.29) is 30.8 Å². The molecule has 1 aromatic heterocycles. The fourth-order valence-corrected chi connectivity index (χ4v) is 15.9. The maximum Gasteiger partial charge on any atom is 0.534 e. The highest BCUT2D eigenvalue weighted by Crippen LogP contribution is 2.54. The second-order valence-electron chi connectivity index (χ2n) is 13.6. The van der Waals surface area contributed by atoms with Crippen molar-refractivity contribution in [3.05, 3.63) is 47.3 Å². The topological polar surface area (TPSA) is 92.0 Å². The zero-order valence-corrected chi connectivity index (χ0v) is 32.1. The second kappa shape index (κ2) is 16.0. The Labute approximate surface area is 276 Å². The summed E-state index contributed by atoms with van der Waals surface area (Å²) in [6.07, 6.45) is 4.91. The first-order valence-corrected chi connectivity index (χ1v) is 22.6. The Morgan fingerprint density at radius 3 is 2.09 bits per heavy atom. The summed E-state index contributed by atoms with van der Waals surface area (Å²) in [5, 5.41) is 0. The van der Waals surface area contributed by atoms with E-state index < -0.39 is 43.6 Å². The normalized spacial score (nSPS) is 20.1. The molecule has 13 heteroatoms. The van der Waals surface area contributed by atoms with Crippen LogP contribution >= 0.6 is 0 Å². The maximum absolute atomic E-state index is 13.3. The van der Waals surface area contributed by atoms with Crippen LogP contribution in [0.25, 0.3) is 0 Å². The Bertz CT molecular complexity index is 1280. The van der Waals surface area contributed by atoms with Gasteiger partial charge in [0.05, 0.1) is 0 Å². The number of alkyl halides is 3. The van der Waals surface area contributed by atoms with Crippen molar-refractivity contribution in [2.24, 2.45) is 5.41 Å². The van der Waals surface area contributed by atoms with Crippen LogP contribution in [0.3, 0.4) is 0 Å². The van der Waals surface area contributed by atoms with Gasteiger partial charge in [-0.1, -0.05) is 69.2 Å². The number of carbonyl (C=O) groups excluding carboxylic acids is 1. The SMILES string of the molecule is CC[Si](CC)(CC)O/C(C=O)=C\CC[C@]1(C)C(OS(=O)(=O)C(F)(F)F)=CC[C@H]1c1ccc(CCO[Si](C(C)C)(C(C)C)C(C)C)o1. The second-order valence-corrected chi connectivity index (χ2v) is 25.3. The van der Waals surface area contributed by atoms with Gasteiger partial charge in [-0.2, -0.15) is 21.6 Å². The Kier molecular flexibility index (Phi) is 14.1. The molecule has 7 nitrogen and oxygen atoms in total. The third-order valence-electron chi connectivity index (χ3n) is 10.2. The quantitative estimate of drug-likeness (QED) is 0.0353. The zero-order chi connectivity index (χ0) is 35.1. The average molecular weight is 709 g/mol. The van der Waals surface area contributed by atoms with Gasteiger partial charge in [-0.3, -0.25) is 4.79 Å². The number of aldehydes is 1. The van der Waals surface area contributed by atoms with Crippen LogP contribution in [0.4, 0.5) is 13.2 Å². The van der Waals surface area contributed by atoms with Gasteiger partial charge in [0.1, 0.15) is 23.0 Å². The van der Waals surface area contributed by atoms with E-state index >= 15 is 0 Å². The molecule has 0 amide bonds. The summed E-state index contributed by atoms with van der Waals surface area (Å²) in [6.45, 7) is 21.6. The van der Waals surface area contributed by atoms with E-state index in [9.17, 15) is 26.4 Å². The smallest absolute Gasteiger partial charge is 0.534 e. The lowest BCUT2D eigenvalue weighted by Crippen LogP contribution is -2.48. The molecule has 0 radical (unpaired) electrons. The fraction of sp³-hybridized carbons (Fsp3) is 0.727.